The monoisotopic (exact) mass is 663 g/mol. The van der Waals surface area contributed by atoms with Crippen LogP contribution >= 0.6 is 0 Å². The van der Waals surface area contributed by atoms with Gasteiger partial charge >= 0.3 is 23.9 Å². The highest BCUT2D eigenvalue weighted by molar-refractivity contribution is 5.94. The van der Waals surface area contributed by atoms with E-state index >= 15 is 0 Å². The summed E-state index contributed by atoms with van der Waals surface area (Å²) >= 11 is 0. The van der Waals surface area contributed by atoms with Gasteiger partial charge in [0.2, 0.25) is 18.1 Å². The first-order valence-electron chi connectivity index (χ1n) is 17.1. The lowest BCUT2D eigenvalue weighted by Crippen LogP contribution is -2.55. The quantitative estimate of drug-likeness (QED) is 0.222. The minimum atomic E-state index is -1.39. The van der Waals surface area contributed by atoms with Gasteiger partial charge in [-0.2, -0.15) is 0 Å². The van der Waals surface area contributed by atoms with E-state index in [9.17, 15) is 34.2 Å². The van der Waals surface area contributed by atoms with Crippen LogP contribution < -0.4 is 4.74 Å². The molecule has 0 aliphatic heterocycles. The average Bonchev–Trinajstić information content (AvgIpc) is 3.78. The van der Waals surface area contributed by atoms with E-state index in [0.717, 1.165) is 31.2 Å². The van der Waals surface area contributed by atoms with Gasteiger partial charge in [-0.1, -0.05) is 62.9 Å². The molecule has 1 amide bonds. The largest absolute Gasteiger partial charge is 0.478 e. The Hall–Kier alpha value is -4.41. The highest BCUT2D eigenvalue weighted by atomic mass is 16.6. The molecular formula is C37H45NO10. The summed E-state index contributed by atoms with van der Waals surface area (Å²) in [6.07, 6.45) is 3.66. The molecule has 0 heterocycles. The molecule has 0 aromatic heterocycles. The van der Waals surface area contributed by atoms with Gasteiger partial charge in [0.05, 0.1) is 17.8 Å². The molecule has 48 heavy (non-hydrogen) atoms. The number of ether oxygens (including phenoxy) is 3. The molecule has 3 fully saturated rings. The lowest BCUT2D eigenvalue weighted by atomic mass is 9.63. The number of carboxylic acid groups (broad SMARTS) is 2. The van der Waals surface area contributed by atoms with Crippen LogP contribution in [0.5, 0.6) is 11.5 Å². The van der Waals surface area contributed by atoms with Crippen molar-refractivity contribution in [2.45, 2.75) is 89.9 Å². The van der Waals surface area contributed by atoms with E-state index in [1.807, 2.05) is 61.5 Å². The molecule has 5 atom stereocenters. The van der Waals surface area contributed by atoms with Gasteiger partial charge in [0.1, 0.15) is 11.5 Å². The number of amides is 1. The number of aliphatic carboxylic acids is 2. The van der Waals surface area contributed by atoms with Crippen LogP contribution in [-0.4, -0.2) is 63.7 Å². The van der Waals surface area contributed by atoms with E-state index in [1.54, 1.807) is 4.90 Å². The molecule has 3 aliphatic rings. The first kappa shape index (κ1) is 34.9. The molecule has 0 saturated heterocycles. The van der Waals surface area contributed by atoms with Crippen LogP contribution in [-0.2, 0) is 40.0 Å². The van der Waals surface area contributed by atoms with Crippen molar-refractivity contribution >= 4 is 29.8 Å². The Morgan fingerprint density at radius 1 is 0.729 bits per heavy atom. The highest BCUT2D eigenvalue weighted by Crippen LogP contribution is 2.45. The van der Waals surface area contributed by atoms with Gasteiger partial charge in [0.15, 0.2) is 0 Å². The third-order valence-corrected chi connectivity index (χ3v) is 9.98. The smallest absolute Gasteiger partial charge is 0.345 e. The van der Waals surface area contributed by atoms with Crippen molar-refractivity contribution in [3.05, 3.63) is 60.2 Å². The third-order valence-electron chi connectivity index (χ3n) is 9.98. The minimum absolute atomic E-state index is 0.0281. The second-order valence-corrected chi connectivity index (χ2v) is 13.3. The molecule has 5 rings (SSSR count). The molecule has 3 saturated carbocycles. The zero-order valence-corrected chi connectivity index (χ0v) is 27.3. The number of benzene rings is 2. The molecule has 0 radical (unpaired) electrons. The number of carbonyl (C=O) groups is 5. The number of nitrogens with zero attached hydrogens (tertiary/aromatic N) is 1. The molecule has 3 aliphatic carbocycles. The number of carbonyl (C=O) groups excluding carboxylic acids is 3. The van der Waals surface area contributed by atoms with Gasteiger partial charge in [0.25, 0.3) is 0 Å². The summed E-state index contributed by atoms with van der Waals surface area (Å²) in [5.41, 5.74) is 0.833. The summed E-state index contributed by atoms with van der Waals surface area (Å²) in [6.45, 7) is 2.56. The summed E-state index contributed by atoms with van der Waals surface area (Å²) in [7, 11) is 0. The van der Waals surface area contributed by atoms with Crippen LogP contribution in [0.2, 0.25) is 0 Å². The maximum absolute atomic E-state index is 14.1. The van der Waals surface area contributed by atoms with Gasteiger partial charge in [-0.05, 0) is 68.4 Å². The van der Waals surface area contributed by atoms with E-state index < -0.39 is 53.8 Å². The predicted molar refractivity (Wildman–Crippen MR) is 173 cm³/mol. The van der Waals surface area contributed by atoms with Crippen molar-refractivity contribution in [1.82, 2.24) is 4.90 Å². The zero-order chi connectivity index (χ0) is 34.2. The van der Waals surface area contributed by atoms with Crippen molar-refractivity contribution in [3.63, 3.8) is 0 Å². The SMILES string of the molecule is CCCN(Cc1ccc(Oc2ccccc2)cc1)C(=O)C1CC(C(=O)OC(C(=O)O)C2CCCC2)C1C(=O)OC(C(=O)O)C1CCCC1. The second-order valence-electron chi connectivity index (χ2n) is 13.3. The van der Waals surface area contributed by atoms with E-state index in [2.05, 4.69) is 0 Å². The molecule has 11 nitrogen and oxygen atoms in total. The van der Waals surface area contributed by atoms with Crippen molar-refractivity contribution in [2.75, 3.05) is 6.54 Å². The summed E-state index contributed by atoms with van der Waals surface area (Å²) in [4.78, 5) is 67.1. The van der Waals surface area contributed by atoms with Crippen LogP contribution in [0.3, 0.4) is 0 Å². The van der Waals surface area contributed by atoms with E-state index in [-0.39, 0.29) is 30.7 Å². The molecule has 2 aromatic carbocycles. The number of hydrogen-bond donors (Lipinski definition) is 2. The molecule has 0 spiro atoms. The third kappa shape index (κ3) is 8.35. The second kappa shape index (κ2) is 16.1. The maximum Gasteiger partial charge on any atom is 0.345 e. The Morgan fingerprint density at radius 3 is 1.77 bits per heavy atom. The lowest BCUT2D eigenvalue weighted by molar-refractivity contribution is -0.190. The Balaban J connectivity index is 1.32. The fourth-order valence-electron chi connectivity index (χ4n) is 7.39. The first-order chi connectivity index (χ1) is 23.2. The Bertz CT molecular complexity index is 1430. The number of rotatable bonds is 15. The predicted octanol–water partition coefficient (Wildman–Crippen LogP) is 5.84. The molecule has 2 N–H and O–H groups in total. The summed E-state index contributed by atoms with van der Waals surface area (Å²) in [6, 6.07) is 16.7. The fraction of sp³-hybridized carbons (Fsp3) is 0.541. The van der Waals surface area contributed by atoms with Gasteiger partial charge in [-0.3, -0.25) is 14.4 Å². The Kier molecular flexibility index (Phi) is 11.7. The molecule has 0 bridgehead atoms. The van der Waals surface area contributed by atoms with E-state index in [1.165, 1.54) is 0 Å². The van der Waals surface area contributed by atoms with Gasteiger partial charge in [-0.15, -0.1) is 0 Å². The van der Waals surface area contributed by atoms with Crippen molar-refractivity contribution in [3.8, 4) is 11.5 Å². The van der Waals surface area contributed by atoms with E-state index in [4.69, 9.17) is 14.2 Å². The first-order valence-corrected chi connectivity index (χ1v) is 17.1. The lowest BCUT2D eigenvalue weighted by Gasteiger charge is -2.43. The van der Waals surface area contributed by atoms with E-state index in [0.29, 0.717) is 50.1 Å². The van der Waals surface area contributed by atoms with Crippen LogP contribution in [0.15, 0.2) is 54.6 Å². The molecule has 5 unspecified atom stereocenters. The standard InChI is InChI=1S/C37H45NO10/c1-2-20-38(22-23-16-18-27(19-17-23)46-26-14-4-3-5-15-26)33(39)28-21-29(36(44)47-31(34(40)41)24-10-6-7-11-24)30(28)37(45)48-32(35(42)43)25-12-8-9-13-25/h3-5,14-19,24-25,28-32H,2,6-13,20-22H2,1H3,(H,40,41)(H,42,43). The van der Waals surface area contributed by atoms with Crippen LogP contribution in [0, 0.1) is 29.6 Å². The van der Waals surface area contributed by atoms with Crippen LogP contribution in [0.4, 0.5) is 0 Å². The number of para-hydroxylation sites is 1. The number of esters is 2. The Morgan fingerprint density at radius 2 is 1.25 bits per heavy atom. The fourth-order valence-corrected chi connectivity index (χ4v) is 7.39. The summed E-state index contributed by atoms with van der Waals surface area (Å²) in [5, 5.41) is 19.7. The number of hydrogen-bond acceptors (Lipinski definition) is 8. The molecule has 2 aromatic rings. The van der Waals surface area contributed by atoms with Gasteiger partial charge < -0.3 is 29.3 Å². The Labute approximate surface area is 280 Å². The molecule has 11 heteroatoms. The van der Waals surface area contributed by atoms with Crippen LogP contribution in [0.1, 0.15) is 76.7 Å². The van der Waals surface area contributed by atoms with Crippen LogP contribution in [0.25, 0.3) is 0 Å². The number of carboxylic acids is 2. The topological polar surface area (TPSA) is 157 Å². The van der Waals surface area contributed by atoms with Crippen molar-refractivity contribution in [1.29, 1.82) is 0 Å². The summed E-state index contributed by atoms with van der Waals surface area (Å²) < 4.78 is 17.0. The highest BCUT2D eigenvalue weighted by Gasteiger charge is 2.57. The molecule has 258 valence electrons. The van der Waals surface area contributed by atoms with Crippen molar-refractivity contribution < 1.29 is 48.4 Å². The zero-order valence-electron chi connectivity index (χ0n) is 27.3. The normalized spacial score (nSPS) is 22.2. The van der Waals surface area contributed by atoms with Gasteiger partial charge in [0, 0.05) is 24.9 Å². The molecular weight excluding hydrogens is 618 g/mol. The summed E-state index contributed by atoms with van der Waals surface area (Å²) in [5.74, 6) is -7.38. The maximum atomic E-state index is 14.1. The van der Waals surface area contributed by atoms with Gasteiger partial charge in [-0.25, -0.2) is 9.59 Å². The van der Waals surface area contributed by atoms with Crippen molar-refractivity contribution in [2.24, 2.45) is 29.6 Å². The minimum Gasteiger partial charge on any atom is -0.478 e. The average molecular weight is 664 g/mol.